The fourth-order valence-corrected chi connectivity index (χ4v) is 3.66. The van der Waals surface area contributed by atoms with Crippen LogP contribution < -0.4 is 10.6 Å². The van der Waals surface area contributed by atoms with Gasteiger partial charge in [0.15, 0.2) is 23.0 Å². The van der Waals surface area contributed by atoms with E-state index in [1.54, 1.807) is 0 Å². The second kappa shape index (κ2) is 14.4. The summed E-state index contributed by atoms with van der Waals surface area (Å²) >= 11 is 0. The zero-order chi connectivity index (χ0) is 27.4. The van der Waals surface area contributed by atoms with Gasteiger partial charge in [0, 0.05) is 31.9 Å². The third-order valence-electron chi connectivity index (χ3n) is 5.84. The number of nitrogens with one attached hydrogen (secondary N) is 2. The first-order valence-corrected chi connectivity index (χ1v) is 12.3. The number of benzene rings is 2. The van der Waals surface area contributed by atoms with Gasteiger partial charge < -0.3 is 36.0 Å². The molecule has 9 nitrogen and oxygen atoms in total. The van der Waals surface area contributed by atoms with Crippen LogP contribution in [0.3, 0.4) is 0 Å². The van der Waals surface area contributed by atoms with Gasteiger partial charge in [0.25, 0.3) is 11.8 Å². The fourth-order valence-electron chi connectivity index (χ4n) is 3.66. The Morgan fingerprint density at radius 1 is 0.757 bits per heavy atom. The van der Waals surface area contributed by atoms with Crippen molar-refractivity contribution >= 4 is 11.8 Å². The summed E-state index contributed by atoms with van der Waals surface area (Å²) in [5, 5.41) is 44.4. The minimum Gasteiger partial charge on any atom is -0.504 e. The third-order valence-corrected chi connectivity index (χ3v) is 5.84. The van der Waals surface area contributed by atoms with Gasteiger partial charge in [-0.3, -0.25) is 9.59 Å². The Hall–Kier alpha value is -4.14. The van der Waals surface area contributed by atoms with Crippen LogP contribution in [-0.4, -0.2) is 63.3 Å². The average Bonchev–Trinajstić information content (AvgIpc) is 2.86. The summed E-state index contributed by atoms with van der Waals surface area (Å²) in [4.78, 5) is 26.7. The number of phenols is 4. The molecule has 2 aromatic carbocycles. The highest BCUT2D eigenvalue weighted by atomic mass is 16.3. The molecule has 9 heteroatoms. The predicted molar refractivity (Wildman–Crippen MR) is 143 cm³/mol. The molecule has 0 heterocycles. The van der Waals surface area contributed by atoms with Crippen molar-refractivity contribution in [3.05, 3.63) is 72.0 Å². The van der Waals surface area contributed by atoms with Crippen LogP contribution in [0.1, 0.15) is 59.7 Å². The average molecular weight is 512 g/mol. The number of aromatic hydroxyl groups is 4. The second-order valence-electron chi connectivity index (χ2n) is 8.93. The van der Waals surface area contributed by atoms with E-state index in [4.69, 9.17) is 0 Å². The Balaban J connectivity index is 1.81. The molecule has 37 heavy (non-hydrogen) atoms. The molecular formula is C28H37N3O6. The minimum absolute atomic E-state index is 0.0174. The zero-order valence-corrected chi connectivity index (χ0v) is 21.3. The molecule has 0 saturated heterocycles. The molecule has 2 rings (SSSR count). The van der Waals surface area contributed by atoms with Crippen LogP contribution in [0.5, 0.6) is 23.0 Å². The van der Waals surface area contributed by atoms with E-state index in [9.17, 15) is 30.0 Å². The van der Waals surface area contributed by atoms with Crippen molar-refractivity contribution in [2.75, 3.05) is 26.2 Å². The summed E-state index contributed by atoms with van der Waals surface area (Å²) in [5.74, 6) is -2.49. The molecule has 0 aliphatic carbocycles. The number of unbranched alkanes of at least 4 members (excludes halogenated alkanes) is 1. The van der Waals surface area contributed by atoms with Crippen LogP contribution >= 0.6 is 0 Å². The van der Waals surface area contributed by atoms with Crippen LogP contribution in [0.15, 0.2) is 60.8 Å². The molecule has 0 atom stereocenters. The second-order valence-corrected chi connectivity index (χ2v) is 8.93. The number of phenolic OH excluding ortho intramolecular Hbond substituents is 4. The first-order chi connectivity index (χ1) is 17.6. The summed E-state index contributed by atoms with van der Waals surface area (Å²) in [6.07, 6.45) is 3.72. The molecule has 200 valence electrons. The smallest absolute Gasteiger partial charge is 0.255 e. The molecule has 6 N–H and O–H groups in total. The number of allylic oxidation sites excluding steroid dienone is 2. The minimum atomic E-state index is -0.463. The molecule has 0 spiro atoms. The molecular weight excluding hydrogens is 474 g/mol. The number of carbonyl (C=O) groups is 2. The number of hydrogen-bond donors (Lipinski definition) is 6. The van der Waals surface area contributed by atoms with E-state index in [-0.39, 0.29) is 22.6 Å². The normalized spacial score (nSPS) is 10.5. The van der Waals surface area contributed by atoms with Gasteiger partial charge in [-0.15, -0.1) is 6.58 Å². The lowest BCUT2D eigenvalue weighted by molar-refractivity contribution is 0.0939. The van der Waals surface area contributed by atoms with E-state index in [0.29, 0.717) is 39.0 Å². The molecule has 0 saturated carbocycles. The van der Waals surface area contributed by atoms with Crippen LogP contribution in [0.2, 0.25) is 0 Å². The first kappa shape index (κ1) is 29.1. The highest BCUT2D eigenvalue weighted by Gasteiger charge is 2.15. The number of nitrogens with zero attached hydrogens (tertiary/aromatic N) is 1. The molecule has 0 aliphatic heterocycles. The number of amides is 2. The maximum atomic E-state index is 12.3. The molecule has 0 aliphatic rings. The Morgan fingerprint density at radius 3 is 1.76 bits per heavy atom. The van der Waals surface area contributed by atoms with Crippen molar-refractivity contribution in [3.8, 4) is 23.0 Å². The van der Waals surface area contributed by atoms with Crippen molar-refractivity contribution in [2.45, 2.75) is 39.0 Å². The van der Waals surface area contributed by atoms with E-state index in [2.05, 4.69) is 28.7 Å². The molecule has 0 unspecified atom stereocenters. The number of rotatable bonds is 15. The molecule has 0 aromatic heterocycles. The summed E-state index contributed by atoms with van der Waals surface area (Å²) in [6.45, 7) is 12.3. The number of hydrogen-bond acceptors (Lipinski definition) is 7. The van der Waals surface area contributed by atoms with Crippen molar-refractivity contribution in [3.63, 3.8) is 0 Å². The van der Waals surface area contributed by atoms with Gasteiger partial charge in [-0.1, -0.05) is 24.3 Å². The molecule has 2 aromatic rings. The van der Waals surface area contributed by atoms with Crippen LogP contribution in [0, 0.1) is 0 Å². The summed E-state index contributed by atoms with van der Waals surface area (Å²) in [6, 6.07) is 8.49. The van der Waals surface area contributed by atoms with Gasteiger partial charge in [0.1, 0.15) is 0 Å². The van der Waals surface area contributed by atoms with E-state index in [1.807, 2.05) is 6.92 Å². The van der Waals surface area contributed by atoms with E-state index >= 15 is 0 Å². The summed E-state index contributed by atoms with van der Waals surface area (Å²) < 4.78 is 0. The fraction of sp³-hybridized carbons (Fsp3) is 0.357. The lowest BCUT2D eigenvalue weighted by atomic mass is 10.1. The van der Waals surface area contributed by atoms with Gasteiger partial charge >= 0.3 is 0 Å². The molecule has 0 bridgehead atoms. The van der Waals surface area contributed by atoms with Crippen molar-refractivity contribution in [2.24, 2.45) is 0 Å². The predicted octanol–water partition coefficient (Wildman–Crippen LogP) is 4.01. The summed E-state index contributed by atoms with van der Waals surface area (Å²) in [7, 11) is 0. The number of para-hydroxylation sites is 2. The van der Waals surface area contributed by atoms with Crippen LogP contribution in [0.4, 0.5) is 0 Å². The molecule has 0 radical (unpaired) electrons. The monoisotopic (exact) mass is 511 g/mol. The maximum Gasteiger partial charge on any atom is 0.255 e. The lowest BCUT2D eigenvalue weighted by Crippen LogP contribution is -2.31. The van der Waals surface area contributed by atoms with Crippen molar-refractivity contribution < 1.29 is 30.0 Å². The van der Waals surface area contributed by atoms with Gasteiger partial charge in [-0.05, 0) is 63.3 Å². The molecule has 0 fully saturated rings. The third kappa shape index (κ3) is 9.10. The lowest BCUT2D eigenvalue weighted by Gasteiger charge is -2.27. The maximum absolute atomic E-state index is 12.3. The molecule has 2 amide bonds. The van der Waals surface area contributed by atoms with Crippen molar-refractivity contribution in [1.29, 1.82) is 0 Å². The standard InChI is InChI=1S/C28H37N3O6/c1-19(2)13-14-20(3)31(18-8-16-30-28(37)22-10-7-12-24(33)26(22)35)17-5-4-15-29-27(36)21-9-6-11-23(32)25(21)34/h6-7,9-12,32-35H,1,3-5,8,13-18H2,2H3,(H,29,36)(H,30,37). The zero-order valence-electron chi connectivity index (χ0n) is 21.3. The Kier molecular flexibility index (Phi) is 11.3. The topological polar surface area (TPSA) is 142 Å². The Morgan fingerprint density at radius 2 is 1.24 bits per heavy atom. The first-order valence-electron chi connectivity index (χ1n) is 12.3. The quantitative estimate of drug-likeness (QED) is 0.120. The van der Waals surface area contributed by atoms with E-state index in [0.717, 1.165) is 30.5 Å². The Bertz CT molecular complexity index is 1120. The van der Waals surface area contributed by atoms with Crippen LogP contribution in [0.25, 0.3) is 0 Å². The Labute approximate surface area is 217 Å². The van der Waals surface area contributed by atoms with Crippen molar-refractivity contribution in [1.82, 2.24) is 15.5 Å². The summed E-state index contributed by atoms with van der Waals surface area (Å²) in [5.41, 5.74) is 2.07. The SMILES string of the molecule is C=C(C)CCC(=C)N(CCCCNC(=O)c1cccc(O)c1O)CCCNC(=O)c1cccc(O)c1O. The highest BCUT2D eigenvalue weighted by molar-refractivity contribution is 5.98. The van der Waals surface area contributed by atoms with Gasteiger partial charge in [0.05, 0.1) is 11.1 Å². The van der Waals surface area contributed by atoms with Gasteiger partial charge in [-0.25, -0.2) is 0 Å². The highest BCUT2D eigenvalue weighted by Crippen LogP contribution is 2.28. The van der Waals surface area contributed by atoms with Gasteiger partial charge in [-0.2, -0.15) is 0 Å². The van der Waals surface area contributed by atoms with E-state index in [1.165, 1.54) is 36.4 Å². The largest absolute Gasteiger partial charge is 0.504 e. The van der Waals surface area contributed by atoms with Gasteiger partial charge in [0.2, 0.25) is 0 Å². The van der Waals surface area contributed by atoms with E-state index < -0.39 is 23.3 Å². The van der Waals surface area contributed by atoms with Crippen LogP contribution in [-0.2, 0) is 0 Å². The number of carbonyl (C=O) groups excluding carboxylic acids is 2.